The van der Waals surface area contributed by atoms with Crippen LogP contribution in [0.25, 0.3) is 0 Å². The summed E-state index contributed by atoms with van der Waals surface area (Å²) in [6.07, 6.45) is -3.50. The van der Waals surface area contributed by atoms with Gasteiger partial charge in [0.2, 0.25) is 5.91 Å². The maximum absolute atomic E-state index is 13.1. The fourth-order valence-electron chi connectivity index (χ4n) is 3.13. The fraction of sp³-hybridized carbons (Fsp3) is 0.375. The van der Waals surface area contributed by atoms with E-state index < -0.39 is 40.3 Å². The summed E-state index contributed by atoms with van der Waals surface area (Å²) >= 11 is 0. The minimum absolute atomic E-state index is 0.0936. The van der Waals surface area contributed by atoms with E-state index in [1.807, 2.05) is 14.1 Å². The summed E-state index contributed by atoms with van der Waals surface area (Å²) in [6.45, 7) is 1.54. The van der Waals surface area contributed by atoms with Crippen LogP contribution in [0.5, 0.6) is 0 Å². The third-order valence-corrected chi connectivity index (χ3v) is 6.06. The van der Waals surface area contributed by atoms with Gasteiger partial charge in [-0.1, -0.05) is 12.1 Å². The van der Waals surface area contributed by atoms with Crippen LogP contribution in [-0.4, -0.2) is 48.2 Å². The number of fused-ring (bicyclic) bond motifs is 1. The molecular formula is C24H28F7N3O3S. The molecule has 0 aromatic heterocycles. The van der Waals surface area contributed by atoms with Crippen molar-refractivity contribution in [2.24, 2.45) is 5.73 Å². The van der Waals surface area contributed by atoms with Crippen molar-refractivity contribution in [3.8, 4) is 12.8 Å². The summed E-state index contributed by atoms with van der Waals surface area (Å²) in [5.41, 5.74) is -1.62. The predicted molar refractivity (Wildman–Crippen MR) is 131 cm³/mol. The Kier molecular flexibility index (Phi) is 13.5. The van der Waals surface area contributed by atoms with Gasteiger partial charge < -0.3 is 16.2 Å². The van der Waals surface area contributed by atoms with Crippen LogP contribution in [0.3, 0.4) is 0 Å². The number of nitrogens with zero attached hydrogens (tertiary/aromatic N) is 1. The molecule has 212 valence electrons. The average molecular weight is 572 g/mol. The highest BCUT2D eigenvalue weighted by atomic mass is 32.2. The lowest BCUT2D eigenvalue weighted by molar-refractivity contribution is -0.376. The van der Waals surface area contributed by atoms with E-state index in [-0.39, 0.29) is 35.0 Å². The first-order valence-electron chi connectivity index (χ1n) is 10.6. The van der Waals surface area contributed by atoms with Crippen molar-refractivity contribution in [2.45, 2.75) is 42.6 Å². The number of nitrogens with two attached hydrogens (primary N) is 1. The van der Waals surface area contributed by atoms with Gasteiger partial charge in [-0.05, 0) is 62.8 Å². The van der Waals surface area contributed by atoms with Crippen molar-refractivity contribution in [2.75, 3.05) is 24.9 Å². The molecule has 1 amide bonds. The van der Waals surface area contributed by atoms with Crippen LogP contribution < -0.4 is 15.4 Å². The first kappa shape index (κ1) is 34.9. The van der Waals surface area contributed by atoms with Gasteiger partial charge >= 0.3 is 12.4 Å². The van der Waals surface area contributed by atoms with Gasteiger partial charge in [-0.2, -0.15) is 26.3 Å². The van der Waals surface area contributed by atoms with Crippen LogP contribution in [0.1, 0.15) is 24.5 Å². The van der Waals surface area contributed by atoms with Crippen LogP contribution in [-0.2, 0) is 27.8 Å². The summed E-state index contributed by atoms with van der Waals surface area (Å²) in [6, 6.07) is 6.89. The molecule has 0 saturated heterocycles. The van der Waals surface area contributed by atoms with Crippen molar-refractivity contribution in [1.82, 2.24) is 5.32 Å². The Balaban J connectivity index is 0.00000134. The number of alkyl halides is 6. The molecule has 3 rings (SSSR count). The monoisotopic (exact) mass is 571 g/mol. The topological polar surface area (TPSA) is 95.7 Å². The standard InChI is InChI=1S/C18H14F7NO2S.C2H5NO.C2H7N.C2H2/c19-13-4-6-14(7-5-13)29(28)26-9-1-2-11-10-12(3-8-15(11)26)16(27,17(20,21)22)18(23,24)25;1-2(3)4;1-3-2;1-2/h3-8,10,27H,1-2,9H2;1H3,(H2,3,4);3H,1-2H3;1-2H. The summed E-state index contributed by atoms with van der Waals surface area (Å²) in [5, 5.41) is 12.3. The second-order valence-corrected chi connectivity index (χ2v) is 8.98. The van der Waals surface area contributed by atoms with Crippen molar-refractivity contribution < 1.29 is 44.8 Å². The summed E-state index contributed by atoms with van der Waals surface area (Å²) < 4.78 is 106. The zero-order valence-corrected chi connectivity index (χ0v) is 21.5. The SMILES string of the molecule is C#C.CC(N)=O.CNC.O=S(c1ccc(F)cc1)N1CCCc2cc(C(O)(C(F)(F)F)C(F)(F)F)ccc21. The Morgan fingerprint density at radius 3 is 1.89 bits per heavy atom. The lowest BCUT2D eigenvalue weighted by Crippen LogP contribution is -2.54. The van der Waals surface area contributed by atoms with Crippen molar-refractivity contribution in [3.05, 3.63) is 59.4 Å². The maximum atomic E-state index is 13.1. The fourth-order valence-corrected chi connectivity index (χ4v) is 4.40. The number of hydrogen-bond donors (Lipinski definition) is 3. The zero-order chi connectivity index (χ0) is 29.9. The number of hydrogen-bond acceptors (Lipinski definition) is 4. The Bertz CT molecular complexity index is 1070. The summed E-state index contributed by atoms with van der Waals surface area (Å²) in [5.74, 6) is -0.881. The first-order chi connectivity index (χ1) is 17.5. The molecule has 0 saturated carbocycles. The molecule has 14 heteroatoms. The molecule has 1 unspecified atom stereocenters. The van der Waals surface area contributed by atoms with Crippen molar-refractivity contribution >= 4 is 22.6 Å². The molecule has 1 atom stereocenters. The number of benzene rings is 2. The van der Waals surface area contributed by atoms with E-state index in [1.165, 1.54) is 23.4 Å². The smallest absolute Gasteiger partial charge is 0.370 e. The number of amides is 1. The molecule has 2 aromatic carbocycles. The van der Waals surface area contributed by atoms with Crippen LogP contribution in [0.15, 0.2) is 47.4 Å². The third-order valence-electron chi connectivity index (χ3n) is 4.61. The van der Waals surface area contributed by atoms with E-state index in [9.17, 15) is 44.8 Å². The Morgan fingerprint density at radius 2 is 1.47 bits per heavy atom. The number of terminal acetylenes is 1. The van der Waals surface area contributed by atoms with Crippen LogP contribution in [0.4, 0.5) is 36.4 Å². The van der Waals surface area contributed by atoms with Gasteiger partial charge in [0.05, 0.1) is 10.6 Å². The Hall–Kier alpha value is -3.15. The van der Waals surface area contributed by atoms with Crippen LogP contribution >= 0.6 is 0 Å². The van der Waals surface area contributed by atoms with E-state index in [2.05, 4.69) is 23.9 Å². The molecule has 0 fully saturated rings. The number of primary amides is 1. The minimum Gasteiger partial charge on any atom is -0.370 e. The molecule has 0 aliphatic carbocycles. The second kappa shape index (κ2) is 14.7. The van der Waals surface area contributed by atoms with Gasteiger partial charge in [0.25, 0.3) is 5.60 Å². The van der Waals surface area contributed by atoms with E-state index in [0.717, 1.165) is 18.2 Å². The second-order valence-electron chi connectivity index (χ2n) is 7.57. The van der Waals surface area contributed by atoms with Crippen molar-refractivity contribution in [3.63, 3.8) is 0 Å². The lowest BCUT2D eigenvalue weighted by atomic mass is 9.89. The average Bonchev–Trinajstić information content (AvgIpc) is 2.83. The highest BCUT2D eigenvalue weighted by Crippen LogP contribution is 2.50. The number of nitrogens with one attached hydrogen (secondary N) is 1. The Labute approximate surface area is 218 Å². The zero-order valence-electron chi connectivity index (χ0n) is 20.7. The minimum atomic E-state index is -5.98. The summed E-state index contributed by atoms with van der Waals surface area (Å²) in [7, 11) is 1.91. The predicted octanol–water partition coefficient (Wildman–Crippen LogP) is 4.19. The first-order valence-corrected chi connectivity index (χ1v) is 11.7. The van der Waals surface area contributed by atoms with E-state index >= 15 is 0 Å². The van der Waals surface area contributed by atoms with Gasteiger partial charge in [0.1, 0.15) is 5.82 Å². The highest BCUT2D eigenvalue weighted by molar-refractivity contribution is 7.86. The number of carbonyl (C=O) groups excluding carboxylic acids is 1. The quantitative estimate of drug-likeness (QED) is 0.381. The van der Waals surface area contributed by atoms with Gasteiger partial charge in [-0.25, -0.2) is 8.60 Å². The molecule has 1 heterocycles. The molecule has 1 aliphatic heterocycles. The number of rotatable bonds is 3. The maximum Gasteiger partial charge on any atom is 0.430 e. The summed E-state index contributed by atoms with van der Waals surface area (Å²) in [4.78, 5) is 9.45. The number of carbonyl (C=O) groups is 1. The van der Waals surface area contributed by atoms with Crippen LogP contribution in [0.2, 0.25) is 0 Å². The van der Waals surface area contributed by atoms with E-state index in [4.69, 9.17) is 0 Å². The van der Waals surface area contributed by atoms with Crippen molar-refractivity contribution in [1.29, 1.82) is 0 Å². The number of anilines is 1. The van der Waals surface area contributed by atoms with Crippen LogP contribution in [0, 0.1) is 18.7 Å². The highest BCUT2D eigenvalue weighted by Gasteiger charge is 2.71. The van der Waals surface area contributed by atoms with E-state index in [0.29, 0.717) is 18.6 Å². The normalized spacial score (nSPS) is 13.8. The molecule has 0 spiro atoms. The largest absolute Gasteiger partial charge is 0.430 e. The third kappa shape index (κ3) is 8.71. The van der Waals surface area contributed by atoms with E-state index in [1.54, 1.807) is 0 Å². The number of aliphatic hydroxyl groups is 1. The lowest BCUT2D eigenvalue weighted by Gasteiger charge is -2.35. The molecule has 0 radical (unpaired) electrons. The molecule has 2 aromatic rings. The Morgan fingerprint density at radius 1 is 1.03 bits per heavy atom. The molecule has 4 N–H and O–H groups in total. The van der Waals surface area contributed by atoms with Gasteiger partial charge in [-0.3, -0.25) is 9.10 Å². The number of aryl methyl sites for hydroxylation is 1. The molecule has 0 bridgehead atoms. The molecule has 38 heavy (non-hydrogen) atoms. The van der Waals surface area contributed by atoms with Gasteiger partial charge in [-0.15, -0.1) is 12.8 Å². The molecule has 1 aliphatic rings. The van der Waals surface area contributed by atoms with Gasteiger partial charge in [0.15, 0.2) is 11.0 Å². The van der Waals surface area contributed by atoms with Gasteiger partial charge in [0, 0.05) is 19.0 Å². The molecular weight excluding hydrogens is 543 g/mol. The molecule has 6 nitrogen and oxygen atoms in total. The number of halogens is 7.